The molecule has 5 nitrogen and oxygen atoms in total. The Bertz CT molecular complexity index is 1270. The van der Waals surface area contributed by atoms with Gasteiger partial charge in [-0.1, -0.05) is 41.9 Å². The molecule has 0 saturated carbocycles. The Morgan fingerprint density at radius 1 is 1.13 bits per heavy atom. The molecule has 0 radical (unpaired) electrons. The topological polar surface area (TPSA) is 59.8 Å². The van der Waals surface area contributed by atoms with E-state index in [4.69, 9.17) is 11.6 Å². The molecule has 158 valence electrons. The van der Waals surface area contributed by atoms with Crippen LogP contribution in [0.2, 0.25) is 5.02 Å². The number of halogens is 4. The number of anilines is 1. The molecule has 0 aliphatic heterocycles. The fourth-order valence-corrected chi connectivity index (χ4v) is 3.54. The van der Waals surface area contributed by atoms with E-state index in [0.29, 0.717) is 11.3 Å². The molecule has 4 rings (SSSR count). The molecule has 0 aliphatic carbocycles. The Morgan fingerprint density at radius 2 is 1.87 bits per heavy atom. The van der Waals surface area contributed by atoms with Crippen LogP contribution in [0.25, 0.3) is 22.2 Å². The molecule has 31 heavy (non-hydrogen) atoms. The Labute approximate surface area is 180 Å². The van der Waals surface area contributed by atoms with Crippen LogP contribution in [-0.4, -0.2) is 20.7 Å². The molecule has 2 aromatic carbocycles. The molecule has 4 aromatic rings. The van der Waals surface area contributed by atoms with Crippen molar-refractivity contribution in [1.29, 1.82) is 0 Å². The van der Waals surface area contributed by atoms with Crippen molar-refractivity contribution in [1.82, 2.24) is 14.8 Å². The van der Waals surface area contributed by atoms with Gasteiger partial charge in [-0.3, -0.25) is 4.79 Å². The number of fused-ring (bicyclic) bond motifs is 1. The second-order valence-electron chi connectivity index (χ2n) is 6.91. The van der Waals surface area contributed by atoms with Gasteiger partial charge in [-0.2, -0.15) is 18.3 Å². The van der Waals surface area contributed by atoms with Crippen molar-refractivity contribution < 1.29 is 18.0 Å². The summed E-state index contributed by atoms with van der Waals surface area (Å²) in [4.78, 5) is 16.9. The van der Waals surface area contributed by atoms with Crippen LogP contribution in [0, 0.1) is 6.92 Å². The Kier molecular flexibility index (Phi) is 5.41. The van der Waals surface area contributed by atoms with Gasteiger partial charge in [-0.15, -0.1) is 0 Å². The molecule has 2 aromatic heterocycles. The average molecular weight is 445 g/mol. The minimum Gasteiger partial charge on any atom is -0.323 e. The summed E-state index contributed by atoms with van der Waals surface area (Å²) in [5.74, 6) is -0.572. The molecule has 0 unspecified atom stereocenters. The number of carbonyl (C=O) groups is 1. The van der Waals surface area contributed by atoms with Crippen molar-refractivity contribution in [3.8, 4) is 11.1 Å². The van der Waals surface area contributed by atoms with Crippen LogP contribution in [0.15, 0.2) is 60.8 Å². The van der Waals surface area contributed by atoms with E-state index in [2.05, 4.69) is 15.4 Å². The van der Waals surface area contributed by atoms with Gasteiger partial charge in [0.05, 0.1) is 22.0 Å². The van der Waals surface area contributed by atoms with Crippen LogP contribution in [0.5, 0.6) is 0 Å². The number of amides is 1. The first-order valence-electron chi connectivity index (χ1n) is 9.28. The molecule has 0 spiro atoms. The number of aromatic nitrogens is 3. The number of pyridine rings is 1. The molecule has 0 fully saturated rings. The van der Waals surface area contributed by atoms with Gasteiger partial charge in [0.1, 0.15) is 6.54 Å². The fraction of sp³-hybridized carbons (Fsp3) is 0.136. The van der Waals surface area contributed by atoms with Crippen molar-refractivity contribution >= 4 is 34.2 Å². The highest BCUT2D eigenvalue weighted by atomic mass is 35.5. The Hall–Kier alpha value is -3.39. The molecule has 0 aliphatic rings. The molecule has 1 N–H and O–H groups in total. The van der Waals surface area contributed by atoms with Crippen LogP contribution in [0.1, 0.15) is 11.3 Å². The predicted molar refractivity (Wildman–Crippen MR) is 113 cm³/mol. The summed E-state index contributed by atoms with van der Waals surface area (Å²) in [5, 5.41) is 7.66. The third kappa shape index (κ3) is 4.25. The van der Waals surface area contributed by atoms with Crippen LogP contribution in [0.4, 0.5) is 18.9 Å². The summed E-state index contributed by atoms with van der Waals surface area (Å²) < 4.78 is 40.3. The van der Waals surface area contributed by atoms with Crippen LogP contribution >= 0.6 is 11.6 Å². The maximum absolute atomic E-state index is 13.0. The average Bonchev–Trinajstić information content (AvgIpc) is 3.05. The largest absolute Gasteiger partial charge is 0.416 e. The highest BCUT2D eigenvalue weighted by Gasteiger charge is 2.31. The van der Waals surface area contributed by atoms with Crippen molar-refractivity contribution in [2.45, 2.75) is 19.6 Å². The smallest absolute Gasteiger partial charge is 0.323 e. The fourth-order valence-electron chi connectivity index (χ4n) is 3.37. The third-order valence-corrected chi connectivity index (χ3v) is 5.08. The zero-order valence-electron chi connectivity index (χ0n) is 16.2. The number of hydrogen-bond acceptors (Lipinski definition) is 3. The van der Waals surface area contributed by atoms with Gasteiger partial charge < -0.3 is 5.32 Å². The van der Waals surface area contributed by atoms with Gasteiger partial charge in [0.25, 0.3) is 0 Å². The van der Waals surface area contributed by atoms with Gasteiger partial charge in [-0.05, 0) is 42.3 Å². The predicted octanol–water partition coefficient (Wildman–Crippen LogP) is 5.72. The summed E-state index contributed by atoms with van der Waals surface area (Å²) in [5.41, 5.74) is 2.08. The van der Waals surface area contributed by atoms with Gasteiger partial charge >= 0.3 is 6.18 Å². The lowest BCUT2D eigenvalue weighted by Gasteiger charge is -2.12. The first-order chi connectivity index (χ1) is 14.7. The minimum atomic E-state index is -4.54. The van der Waals surface area contributed by atoms with Gasteiger partial charge in [0.2, 0.25) is 5.91 Å². The van der Waals surface area contributed by atoms with Crippen molar-refractivity contribution in [3.05, 3.63) is 77.1 Å². The molecular formula is C22H16ClF3N4O. The molecule has 0 atom stereocenters. The first-order valence-corrected chi connectivity index (χ1v) is 9.66. The second kappa shape index (κ2) is 8.03. The monoisotopic (exact) mass is 444 g/mol. The number of rotatable bonds is 4. The minimum absolute atomic E-state index is 0.00680. The molecule has 1 amide bonds. The highest BCUT2D eigenvalue weighted by molar-refractivity contribution is 6.33. The van der Waals surface area contributed by atoms with E-state index in [-0.39, 0.29) is 17.3 Å². The lowest BCUT2D eigenvalue weighted by atomic mass is 10.0. The van der Waals surface area contributed by atoms with E-state index in [1.807, 2.05) is 43.3 Å². The summed E-state index contributed by atoms with van der Waals surface area (Å²) in [6.07, 6.45) is -2.92. The Morgan fingerprint density at radius 3 is 2.58 bits per heavy atom. The lowest BCUT2D eigenvalue weighted by Crippen LogP contribution is -2.20. The highest BCUT2D eigenvalue weighted by Crippen LogP contribution is 2.34. The number of benzene rings is 2. The number of nitrogens with zero attached hydrogens (tertiary/aromatic N) is 3. The zero-order chi connectivity index (χ0) is 22.2. The zero-order valence-corrected chi connectivity index (χ0v) is 17.0. The number of aryl methyl sites for hydroxylation is 1. The molecule has 0 saturated heterocycles. The van der Waals surface area contributed by atoms with Crippen molar-refractivity contribution in [3.63, 3.8) is 0 Å². The van der Waals surface area contributed by atoms with E-state index in [1.54, 1.807) is 6.20 Å². The summed E-state index contributed by atoms with van der Waals surface area (Å²) in [6, 6.07) is 14.3. The quantitative estimate of drug-likeness (QED) is 0.438. The number of alkyl halides is 3. The summed E-state index contributed by atoms with van der Waals surface area (Å²) in [6.45, 7) is 1.58. The van der Waals surface area contributed by atoms with Crippen LogP contribution in [-0.2, 0) is 17.5 Å². The summed E-state index contributed by atoms with van der Waals surface area (Å²) in [7, 11) is 0. The van der Waals surface area contributed by atoms with E-state index in [1.165, 1.54) is 4.68 Å². The van der Waals surface area contributed by atoms with E-state index >= 15 is 0 Å². The van der Waals surface area contributed by atoms with Gasteiger partial charge in [0, 0.05) is 11.6 Å². The van der Waals surface area contributed by atoms with Crippen molar-refractivity contribution in [2.75, 3.05) is 5.32 Å². The molecule has 9 heteroatoms. The lowest BCUT2D eigenvalue weighted by molar-refractivity contribution is -0.137. The number of hydrogen-bond donors (Lipinski definition) is 1. The van der Waals surface area contributed by atoms with Gasteiger partial charge in [0.15, 0.2) is 5.65 Å². The second-order valence-corrected chi connectivity index (χ2v) is 7.31. The first kappa shape index (κ1) is 20.9. The SMILES string of the molecule is Cc1nn(CC(=O)Nc2cc(C(F)(F)F)ccc2Cl)c2nccc(-c3ccccc3)c12. The van der Waals surface area contributed by atoms with E-state index < -0.39 is 17.6 Å². The Balaban J connectivity index is 1.64. The van der Waals surface area contributed by atoms with Crippen LogP contribution < -0.4 is 5.32 Å². The van der Waals surface area contributed by atoms with Gasteiger partial charge in [-0.25, -0.2) is 9.67 Å². The summed E-state index contributed by atoms with van der Waals surface area (Å²) >= 11 is 5.96. The molecule has 0 bridgehead atoms. The number of carbonyl (C=O) groups excluding carboxylic acids is 1. The van der Waals surface area contributed by atoms with Crippen molar-refractivity contribution in [2.24, 2.45) is 0 Å². The van der Waals surface area contributed by atoms with E-state index in [9.17, 15) is 18.0 Å². The normalized spacial score (nSPS) is 11.6. The standard InChI is InChI=1S/C22H16ClF3N4O/c1-13-20-16(14-5-3-2-4-6-14)9-10-27-21(20)30(29-13)12-19(31)28-18-11-15(22(24,25)26)7-8-17(18)23/h2-11H,12H2,1H3,(H,28,31). The number of nitrogens with one attached hydrogen (secondary N) is 1. The molecular weight excluding hydrogens is 429 g/mol. The van der Waals surface area contributed by atoms with E-state index in [0.717, 1.165) is 34.7 Å². The van der Waals surface area contributed by atoms with Crippen LogP contribution in [0.3, 0.4) is 0 Å². The molecule has 2 heterocycles. The maximum atomic E-state index is 13.0. The maximum Gasteiger partial charge on any atom is 0.416 e. The third-order valence-electron chi connectivity index (χ3n) is 4.75.